The number of hydrogen-bond donors (Lipinski definition) is 0. The predicted octanol–water partition coefficient (Wildman–Crippen LogP) is 5.29. The van der Waals surface area contributed by atoms with Gasteiger partial charge in [-0.1, -0.05) is 0 Å². The van der Waals surface area contributed by atoms with Gasteiger partial charge in [0.25, 0.3) is 0 Å². The molecule has 2 fully saturated rings. The third-order valence-corrected chi connectivity index (χ3v) is 11.7. The molecule has 2 aliphatic carbocycles. The van der Waals surface area contributed by atoms with E-state index in [0.29, 0.717) is 41.8 Å². The molecule has 2 aliphatic rings. The van der Waals surface area contributed by atoms with Crippen LogP contribution in [0.1, 0.15) is 64.2 Å². The van der Waals surface area contributed by atoms with Crippen LogP contribution in [0.3, 0.4) is 0 Å². The Morgan fingerprint density at radius 3 is 1.39 bits per heavy atom. The molecule has 0 heterocycles. The van der Waals surface area contributed by atoms with E-state index < -0.39 is 0 Å². The SMILES string of the molecule is C(=C\C[Te]C1CCCCC1)/C[Te]C1CCCCC1. The van der Waals surface area contributed by atoms with Crippen molar-refractivity contribution in [3.05, 3.63) is 12.2 Å². The van der Waals surface area contributed by atoms with Crippen molar-refractivity contribution >= 4 is 41.8 Å². The van der Waals surface area contributed by atoms with Crippen LogP contribution in [-0.2, 0) is 0 Å². The van der Waals surface area contributed by atoms with Crippen molar-refractivity contribution in [3.8, 4) is 0 Å². The normalized spacial score (nSPS) is 23.8. The molecule has 18 heavy (non-hydrogen) atoms. The van der Waals surface area contributed by atoms with Crippen LogP contribution < -0.4 is 0 Å². The molecule has 0 saturated heterocycles. The topological polar surface area (TPSA) is 0 Å². The molecule has 0 aliphatic heterocycles. The van der Waals surface area contributed by atoms with E-state index >= 15 is 0 Å². The van der Waals surface area contributed by atoms with Crippen molar-refractivity contribution in [2.75, 3.05) is 0 Å². The molecule has 0 spiro atoms. The van der Waals surface area contributed by atoms with Crippen LogP contribution >= 0.6 is 0 Å². The Balaban J connectivity index is 1.46. The maximum absolute atomic E-state index is 2.56. The second-order valence-corrected chi connectivity index (χ2v) is 13.3. The van der Waals surface area contributed by atoms with Gasteiger partial charge in [-0.2, -0.15) is 0 Å². The van der Waals surface area contributed by atoms with E-state index in [1.54, 1.807) is 25.7 Å². The molecular weight excluding hydrogens is 447 g/mol. The standard InChI is InChI=1S/C16H28Te2/c1-3-9-15(10-4-1)17-13-7-8-14-18-16-11-5-2-6-12-16/h7-8,15-16H,1-6,9-14H2/b8-7+. The van der Waals surface area contributed by atoms with Crippen molar-refractivity contribution in [2.45, 2.75) is 81.1 Å². The summed E-state index contributed by atoms with van der Waals surface area (Å²) in [5.41, 5.74) is 0. The molecule has 0 atom stereocenters. The maximum atomic E-state index is 2.56. The Bertz CT molecular complexity index is 201. The summed E-state index contributed by atoms with van der Waals surface area (Å²) in [6.07, 6.45) is 20.6. The van der Waals surface area contributed by atoms with Gasteiger partial charge in [0.05, 0.1) is 0 Å². The Hall–Kier alpha value is 1.32. The molecule has 0 amide bonds. The zero-order valence-electron chi connectivity index (χ0n) is 11.6. The Kier molecular flexibility index (Phi) is 8.82. The van der Waals surface area contributed by atoms with Gasteiger partial charge in [0.15, 0.2) is 0 Å². The molecule has 0 aromatic heterocycles. The summed E-state index contributed by atoms with van der Waals surface area (Å²) < 4.78 is 5.38. The molecule has 0 unspecified atom stereocenters. The van der Waals surface area contributed by atoms with Crippen molar-refractivity contribution in [2.24, 2.45) is 0 Å². The average Bonchev–Trinajstić information content (AvgIpc) is 2.45. The fourth-order valence-electron chi connectivity index (χ4n) is 2.98. The fraction of sp³-hybridized carbons (Fsp3) is 0.875. The van der Waals surface area contributed by atoms with Gasteiger partial charge in [0.1, 0.15) is 0 Å². The summed E-state index contributed by atoms with van der Waals surface area (Å²) in [5, 5.41) is 0. The van der Waals surface area contributed by atoms with Crippen LogP contribution in [0.15, 0.2) is 12.2 Å². The predicted molar refractivity (Wildman–Crippen MR) is 83.9 cm³/mol. The van der Waals surface area contributed by atoms with Gasteiger partial charge in [-0.25, -0.2) is 0 Å². The van der Waals surface area contributed by atoms with Crippen molar-refractivity contribution in [3.63, 3.8) is 0 Å². The molecule has 0 bridgehead atoms. The zero-order valence-corrected chi connectivity index (χ0v) is 16.3. The minimum atomic E-state index is 0.321. The Labute approximate surface area is 134 Å². The van der Waals surface area contributed by atoms with Gasteiger partial charge in [0.2, 0.25) is 0 Å². The monoisotopic (exact) mass is 480 g/mol. The number of rotatable bonds is 6. The Morgan fingerprint density at radius 2 is 1.00 bits per heavy atom. The minimum absolute atomic E-state index is 0.321. The van der Waals surface area contributed by atoms with Gasteiger partial charge in [-0.05, 0) is 0 Å². The van der Waals surface area contributed by atoms with Crippen molar-refractivity contribution in [1.29, 1.82) is 0 Å². The molecule has 2 saturated carbocycles. The van der Waals surface area contributed by atoms with Crippen LogP contribution in [-0.4, -0.2) is 41.8 Å². The third kappa shape index (κ3) is 6.66. The quantitative estimate of drug-likeness (QED) is 0.362. The Morgan fingerprint density at radius 1 is 0.611 bits per heavy atom. The first kappa shape index (κ1) is 15.7. The molecule has 104 valence electrons. The van der Waals surface area contributed by atoms with E-state index in [-0.39, 0.29) is 0 Å². The molecular formula is C16H28Te2. The second kappa shape index (κ2) is 10.1. The molecule has 2 rings (SSSR count). The number of allylic oxidation sites excluding steroid dienone is 2. The van der Waals surface area contributed by atoms with Gasteiger partial charge in [-0.15, -0.1) is 0 Å². The van der Waals surface area contributed by atoms with Crippen molar-refractivity contribution in [1.82, 2.24) is 0 Å². The summed E-state index contributed by atoms with van der Waals surface area (Å²) in [5.74, 6) is 0. The van der Waals surface area contributed by atoms with E-state index in [4.69, 9.17) is 0 Å². The van der Waals surface area contributed by atoms with E-state index in [1.165, 1.54) is 55.4 Å². The molecule has 0 aromatic rings. The summed E-state index contributed by atoms with van der Waals surface area (Å²) in [7, 11) is 0. The molecule has 0 radical (unpaired) electrons. The van der Waals surface area contributed by atoms with E-state index in [2.05, 4.69) is 12.2 Å². The van der Waals surface area contributed by atoms with E-state index in [1.807, 2.05) is 0 Å². The van der Waals surface area contributed by atoms with Gasteiger partial charge in [0, 0.05) is 0 Å². The first-order valence-electron chi connectivity index (χ1n) is 7.83. The molecule has 2 heteroatoms. The average molecular weight is 476 g/mol. The summed E-state index contributed by atoms with van der Waals surface area (Å²) in [6, 6.07) is 0. The zero-order chi connectivity index (χ0) is 12.5. The van der Waals surface area contributed by atoms with Crippen LogP contribution in [0, 0.1) is 0 Å². The molecule has 0 aromatic carbocycles. The molecule has 0 nitrogen and oxygen atoms in total. The van der Waals surface area contributed by atoms with Crippen LogP contribution in [0.2, 0.25) is 16.9 Å². The van der Waals surface area contributed by atoms with Gasteiger partial charge < -0.3 is 0 Å². The summed E-state index contributed by atoms with van der Waals surface area (Å²) >= 11 is 0.642. The summed E-state index contributed by atoms with van der Waals surface area (Å²) in [6.45, 7) is 0. The third-order valence-electron chi connectivity index (χ3n) is 4.13. The van der Waals surface area contributed by atoms with Gasteiger partial charge in [-0.3, -0.25) is 0 Å². The number of hydrogen-bond acceptors (Lipinski definition) is 0. The van der Waals surface area contributed by atoms with Crippen LogP contribution in [0.5, 0.6) is 0 Å². The fourth-order valence-corrected chi connectivity index (χ4v) is 9.75. The van der Waals surface area contributed by atoms with Crippen LogP contribution in [0.4, 0.5) is 0 Å². The van der Waals surface area contributed by atoms with Crippen molar-refractivity contribution < 1.29 is 0 Å². The van der Waals surface area contributed by atoms with Crippen LogP contribution in [0.25, 0.3) is 0 Å². The molecule has 0 N–H and O–H groups in total. The first-order chi connectivity index (χ1) is 8.95. The van der Waals surface area contributed by atoms with E-state index in [0.717, 1.165) is 0 Å². The summed E-state index contributed by atoms with van der Waals surface area (Å²) in [4.78, 5) is 0. The van der Waals surface area contributed by atoms with E-state index in [9.17, 15) is 0 Å². The first-order valence-corrected chi connectivity index (χ1v) is 13.8. The second-order valence-electron chi connectivity index (χ2n) is 5.66. The van der Waals surface area contributed by atoms with Gasteiger partial charge >= 0.3 is 135 Å².